The van der Waals surface area contributed by atoms with Gasteiger partial charge in [0.25, 0.3) is 11.8 Å². The van der Waals surface area contributed by atoms with E-state index in [1.807, 2.05) is 6.92 Å². The number of rotatable bonds is 7. The fourth-order valence-corrected chi connectivity index (χ4v) is 1.97. The lowest BCUT2D eigenvalue weighted by Gasteiger charge is -2.13. The van der Waals surface area contributed by atoms with Gasteiger partial charge >= 0.3 is 0 Å². The lowest BCUT2D eigenvalue weighted by atomic mass is 10.4. The van der Waals surface area contributed by atoms with Crippen molar-refractivity contribution < 1.29 is 14.4 Å². The van der Waals surface area contributed by atoms with Gasteiger partial charge < -0.3 is 5.32 Å². The second-order valence-electron chi connectivity index (χ2n) is 3.46. The summed E-state index contributed by atoms with van der Waals surface area (Å²) in [6.07, 6.45) is 2.95. The summed E-state index contributed by atoms with van der Waals surface area (Å²) in [5.74, 6) is 1.12. The Labute approximate surface area is 105 Å². The largest absolute Gasteiger partial charge is 0.354 e. The van der Waals surface area contributed by atoms with Crippen molar-refractivity contribution in [1.29, 1.82) is 0 Å². The van der Waals surface area contributed by atoms with Gasteiger partial charge in [0.2, 0.25) is 5.91 Å². The summed E-state index contributed by atoms with van der Waals surface area (Å²) < 4.78 is 0. The molecule has 0 fully saturated rings. The molecule has 0 saturated heterocycles. The summed E-state index contributed by atoms with van der Waals surface area (Å²) in [7, 11) is 0. The van der Waals surface area contributed by atoms with E-state index < -0.39 is 0 Å². The highest BCUT2D eigenvalue weighted by molar-refractivity contribution is 7.99. The summed E-state index contributed by atoms with van der Waals surface area (Å²) in [5, 5.41) is 2.68. The summed E-state index contributed by atoms with van der Waals surface area (Å²) in [6, 6.07) is 0. The molecule has 1 N–H and O–H groups in total. The SMILES string of the molecule is CCSCCC(=O)NCCN1C(=O)C=CC1=O. The molecule has 17 heavy (non-hydrogen) atoms. The van der Waals surface area contributed by atoms with Crippen LogP contribution in [0.2, 0.25) is 0 Å². The van der Waals surface area contributed by atoms with Crippen LogP contribution < -0.4 is 5.32 Å². The molecule has 0 radical (unpaired) electrons. The standard InChI is InChI=1S/C11H16N2O3S/c1-2-17-8-5-9(14)12-6-7-13-10(15)3-4-11(13)16/h3-4H,2,5-8H2,1H3,(H,12,14). The summed E-state index contributed by atoms with van der Waals surface area (Å²) in [5.41, 5.74) is 0. The minimum absolute atomic E-state index is 0.0435. The molecule has 94 valence electrons. The molecule has 0 saturated carbocycles. The third-order valence-corrected chi connectivity index (χ3v) is 3.14. The molecule has 1 aliphatic heterocycles. The van der Waals surface area contributed by atoms with E-state index in [4.69, 9.17) is 0 Å². The van der Waals surface area contributed by atoms with Crippen molar-refractivity contribution in [2.24, 2.45) is 0 Å². The molecule has 0 aromatic carbocycles. The van der Waals surface area contributed by atoms with Gasteiger partial charge in [-0.1, -0.05) is 6.92 Å². The predicted octanol–water partition coefficient (Wildman–Crippen LogP) is 0.171. The first-order valence-corrected chi connectivity index (χ1v) is 6.68. The van der Waals surface area contributed by atoms with Gasteiger partial charge in [0.05, 0.1) is 0 Å². The molecular weight excluding hydrogens is 240 g/mol. The molecule has 0 bridgehead atoms. The van der Waals surface area contributed by atoms with E-state index in [0.717, 1.165) is 16.4 Å². The van der Waals surface area contributed by atoms with E-state index >= 15 is 0 Å². The molecule has 1 aliphatic rings. The first kappa shape index (κ1) is 13.8. The maximum absolute atomic E-state index is 11.3. The van der Waals surface area contributed by atoms with Crippen LogP contribution in [0.5, 0.6) is 0 Å². The summed E-state index contributed by atoms with van der Waals surface area (Å²) in [4.78, 5) is 34.8. The van der Waals surface area contributed by atoms with E-state index in [2.05, 4.69) is 5.32 Å². The van der Waals surface area contributed by atoms with Gasteiger partial charge in [-0.05, 0) is 5.75 Å². The summed E-state index contributed by atoms with van der Waals surface area (Å²) in [6.45, 7) is 2.59. The van der Waals surface area contributed by atoms with E-state index in [0.29, 0.717) is 13.0 Å². The fourth-order valence-electron chi connectivity index (χ4n) is 1.36. The monoisotopic (exact) mass is 256 g/mol. The van der Waals surface area contributed by atoms with E-state index in [1.54, 1.807) is 11.8 Å². The van der Waals surface area contributed by atoms with Crippen LogP contribution >= 0.6 is 11.8 Å². The highest BCUT2D eigenvalue weighted by Crippen LogP contribution is 2.02. The number of amides is 3. The molecule has 0 spiro atoms. The number of hydrogen-bond donors (Lipinski definition) is 1. The Balaban J connectivity index is 2.13. The number of imide groups is 1. The van der Waals surface area contributed by atoms with Crippen molar-refractivity contribution in [3.63, 3.8) is 0 Å². The minimum atomic E-state index is -0.314. The van der Waals surface area contributed by atoms with Gasteiger partial charge in [0.1, 0.15) is 0 Å². The van der Waals surface area contributed by atoms with Gasteiger partial charge in [-0.25, -0.2) is 0 Å². The molecule has 1 rings (SSSR count). The fraction of sp³-hybridized carbons (Fsp3) is 0.545. The van der Waals surface area contributed by atoms with Crippen LogP contribution in [0.15, 0.2) is 12.2 Å². The van der Waals surface area contributed by atoms with Gasteiger partial charge in [-0.3, -0.25) is 19.3 Å². The summed E-state index contributed by atoms with van der Waals surface area (Å²) >= 11 is 1.71. The average molecular weight is 256 g/mol. The number of carbonyl (C=O) groups excluding carboxylic acids is 3. The average Bonchev–Trinajstić information content (AvgIpc) is 2.61. The number of carbonyl (C=O) groups is 3. The first-order valence-electron chi connectivity index (χ1n) is 5.53. The van der Waals surface area contributed by atoms with E-state index in [1.165, 1.54) is 12.2 Å². The van der Waals surface area contributed by atoms with Crippen LogP contribution in [0, 0.1) is 0 Å². The third kappa shape index (κ3) is 4.60. The van der Waals surface area contributed by atoms with Gasteiger partial charge in [-0.15, -0.1) is 0 Å². The van der Waals surface area contributed by atoms with Crippen LogP contribution in [-0.2, 0) is 14.4 Å². The van der Waals surface area contributed by atoms with Crippen molar-refractivity contribution in [3.05, 3.63) is 12.2 Å². The zero-order valence-electron chi connectivity index (χ0n) is 9.77. The van der Waals surface area contributed by atoms with Crippen molar-refractivity contribution >= 4 is 29.5 Å². The second kappa shape index (κ2) is 7.11. The Morgan fingerprint density at radius 3 is 2.59 bits per heavy atom. The Hall–Kier alpha value is -1.30. The Bertz CT molecular complexity index is 324. The van der Waals surface area contributed by atoms with Crippen LogP contribution in [0.3, 0.4) is 0 Å². The Morgan fingerprint density at radius 1 is 1.35 bits per heavy atom. The number of nitrogens with one attached hydrogen (secondary N) is 1. The molecular formula is C11H16N2O3S. The van der Waals surface area contributed by atoms with Crippen LogP contribution in [0.25, 0.3) is 0 Å². The quantitative estimate of drug-likeness (QED) is 0.521. The molecule has 0 aromatic rings. The van der Waals surface area contributed by atoms with Gasteiger partial charge in [0, 0.05) is 37.4 Å². The predicted molar refractivity (Wildman–Crippen MR) is 66.5 cm³/mol. The Morgan fingerprint density at radius 2 is 2.00 bits per heavy atom. The lowest BCUT2D eigenvalue weighted by Crippen LogP contribution is -2.38. The van der Waals surface area contributed by atoms with Crippen LogP contribution in [0.4, 0.5) is 0 Å². The molecule has 3 amide bonds. The molecule has 5 nitrogen and oxygen atoms in total. The highest BCUT2D eigenvalue weighted by atomic mass is 32.2. The van der Waals surface area contributed by atoms with Crippen molar-refractivity contribution in [2.45, 2.75) is 13.3 Å². The first-order chi connectivity index (χ1) is 8.15. The van der Waals surface area contributed by atoms with E-state index in [-0.39, 0.29) is 24.3 Å². The smallest absolute Gasteiger partial charge is 0.253 e. The van der Waals surface area contributed by atoms with Crippen LogP contribution in [-0.4, -0.2) is 47.2 Å². The topological polar surface area (TPSA) is 66.5 Å². The molecule has 1 heterocycles. The lowest BCUT2D eigenvalue weighted by molar-refractivity contribution is -0.137. The van der Waals surface area contributed by atoms with E-state index in [9.17, 15) is 14.4 Å². The normalized spacial score (nSPS) is 14.5. The maximum atomic E-state index is 11.3. The number of thioether (sulfide) groups is 1. The molecule has 6 heteroatoms. The zero-order valence-corrected chi connectivity index (χ0v) is 10.6. The third-order valence-electron chi connectivity index (χ3n) is 2.24. The van der Waals surface area contributed by atoms with Crippen molar-refractivity contribution in [2.75, 3.05) is 24.6 Å². The number of hydrogen-bond acceptors (Lipinski definition) is 4. The van der Waals surface area contributed by atoms with Gasteiger partial charge in [0.15, 0.2) is 0 Å². The minimum Gasteiger partial charge on any atom is -0.354 e. The molecule has 0 aromatic heterocycles. The Kier molecular flexibility index (Phi) is 5.76. The maximum Gasteiger partial charge on any atom is 0.253 e. The van der Waals surface area contributed by atoms with Gasteiger partial charge in [-0.2, -0.15) is 11.8 Å². The highest BCUT2D eigenvalue weighted by Gasteiger charge is 2.22. The molecule has 0 atom stereocenters. The number of nitrogens with zero attached hydrogens (tertiary/aromatic N) is 1. The zero-order chi connectivity index (χ0) is 12.7. The van der Waals surface area contributed by atoms with Crippen molar-refractivity contribution in [3.8, 4) is 0 Å². The molecule has 0 unspecified atom stereocenters. The molecule has 0 aliphatic carbocycles. The second-order valence-corrected chi connectivity index (χ2v) is 4.85. The van der Waals surface area contributed by atoms with Crippen molar-refractivity contribution in [1.82, 2.24) is 10.2 Å². The van der Waals surface area contributed by atoms with Crippen LogP contribution in [0.1, 0.15) is 13.3 Å².